The molecule has 0 radical (unpaired) electrons. The summed E-state index contributed by atoms with van der Waals surface area (Å²) in [6.07, 6.45) is 1.61. The zero-order valence-corrected chi connectivity index (χ0v) is 10.5. The number of para-hydroxylation sites is 1. The first-order valence-corrected chi connectivity index (χ1v) is 5.86. The van der Waals surface area contributed by atoms with Crippen molar-refractivity contribution in [3.05, 3.63) is 53.7 Å². The van der Waals surface area contributed by atoms with Gasteiger partial charge in [-0.3, -0.25) is 4.79 Å². The second kappa shape index (κ2) is 5.49. The van der Waals surface area contributed by atoms with Gasteiger partial charge >= 0.3 is 0 Å². The number of primary amides is 1. The highest BCUT2D eigenvalue weighted by Gasteiger charge is 2.13. The second-order valence-electron chi connectivity index (χ2n) is 4.15. The number of hydrogen-bond donors (Lipinski definition) is 2. The lowest BCUT2D eigenvalue weighted by atomic mass is 10.1. The zero-order valence-electron chi connectivity index (χ0n) is 10.5. The van der Waals surface area contributed by atoms with E-state index >= 15 is 0 Å². The molecule has 19 heavy (non-hydrogen) atoms. The topological polar surface area (TPSA) is 91.2 Å². The SMILES string of the molecule is C[C@H](N)c1cccnc1Oc1ccccc1C(N)=O. The third-order valence-corrected chi connectivity index (χ3v) is 2.65. The minimum atomic E-state index is -0.547. The molecule has 0 bridgehead atoms. The van der Waals surface area contributed by atoms with Crippen LogP contribution in [0.2, 0.25) is 0 Å². The molecular formula is C14H15N3O2. The van der Waals surface area contributed by atoms with Gasteiger partial charge in [0.15, 0.2) is 0 Å². The Kier molecular flexibility index (Phi) is 3.77. The van der Waals surface area contributed by atoms with Crippen molar-refractivity contribution in [3.63, 3.8) is 0 Å². The van der Waals surface area contributed by atoms with Gasteiger partial charge in [-0.2, -0.15) is 0 Å². The van der Waals surface area contributed by atoms with Crippen molar-refractivity contribution in [2.75, 3.05) is 0 Å². The molecule has 1 atom stereocenters. The quantitative estimate of drug-likeness (QED) is 0.876. The molecule has 0 fully saturated rings. The Morgan fingerprint density at radius 1 is 1.26 bits per heavy atom. The summed E-state index contributed by atoms with van der Waals surface area (Å²) >= 11 is 0. The second-order valence-corrected chi connectivity index (χ2v) is 4.15. The predicted molar refractivity (Wildman–Crippen MR) is 71.9 cm³/mol. The Morgan fingerprint density at radius 3 is 2.68 bits per heavy atom. The van der Waals surface area contributed by atoms with E-state index < -0.39 is 5.91 Å². The molecule has 4 N–H and O–H groups in total. The first-order chi connectivity index (χ1) is 9.09. The fourth-order valence-electron chi connectivity index (χ4n) is 1.70. The van der Waals surface area contributed by atoms with Gasteiger partial charge in [0.05, 0.1) is 5.56 Å². The molecule has 1 heterocycles. The highest BCUT2D eigenvalue weighted by Crippen LogP contribution is 2.28. The Hall–Kier alpha value is -2.40. The molecule has 0 saturated heterocycles. The molecule has 0 aliphatic rings. The number of carbonyl (C=O) groups is 1. The molecule has 1 aromatic heterocycles. The van der Waals surface area contributed by atoms with E-state index in [1.807, 2.05) is 13.0 Å². The summed E-state index contributed by atoms with van der Waals surface area (Å²) in [6, 6.07) is 10.1. The minimum absolute atomic E-state index is 0.218. The molecule has 0 aliphatic heterocycles. The largest absolute Gasteiger partial charge is 0.438 e. The molecule has 0 spiro atoms. The van der Waals surface area contributed by atoms with Crippen molar-refractivity contribution in [2.24, 2.45) is 11.5 Å². The van der Waals surface area contributed by atoms with E-state index in [0.29, 0.717) is 17.2 Å². The summed E-state index contributed by atoms with van der Waals surface area (Å²) in [5.74, 6) is 0.204. The van der Waals surface area contributed by atoms with Crippen LogP contribution in [0.25, 0.3) is 0 Å². The fraction of sp³-hybridized carbons (Fsp3) is 0.143. The highest BCUT2D eigenvalue weighted by molar-refractivity contribution is 5.95. The third-order valence-electron chi connectivity index (χ3n) is 2.65. The maximum Gasteiger partial charge on any atom is 0.252 e. The van der Waals surface area contributed by atoms with E-state index in [2.05, 4.69) is 4.98 Å². The summed E-state index contributed by atoms with van der Waals surface area (Å²) in [7, 11) is 0. The first-order valence-electron chi connectivity index (χ1n) is 5.86. The van der Waals surface area contributed by atoms with Gasteiger partial charge in [-0.1, -0.05) is 18.2 Å². The van der Waals surface area contributed by atoms with Crippen LogP contribution in [-0.2, 0) is 0 Å². The van der Waals surface area contributed by atoms with Gasteiger partial charge < -0.3 is 16.2 Å². The van der Waals surface area contributed by atoms with Gasteiger partial charge in [0, 0.05) is 17.8 Å². The molecule has 5 heteroatoms. The van der Waals surface area contributed by atoms with Crippen LogP contribution < -0.4 is 16.2 Å². The van der Waals surface area contributed by atoms with Crippen molar-refractivity contribution >= 4 is 5.91 Å². The van der Waals surface area contributed by atoms with Crippen LogP contribution in [0.4, 0.5) is 0 Å². The van der Waals surface area contributed by atoms with Gasteiger partial charge in [-0.25, -0.2) is 4.98 Å². The molecule has 0 aliphatic carbocycles. The van der Waals surface area contributed by atoms with Crippen molar-refractivity contribution in [2.45, 2.75) is 13.0 Å². The fourth-order valence-corrected chi connectivity index (χ4v) is 1.70. The van der Waals surface area contributed by atoms with Gasteiger partial charge in [-0.15, -0.1) is 0 Å². The van der Waals surface area contributed by atoms with Crippen LogP contribution in [0.5, 0.6) is 11.6 Å². The normalized spacial score (nSPS) is 11.9. The van der Waals surface area contributed by atoms with Gasteiger partial charge in [0.25, 0.3) is 5.91 Å². The Balaban J connectivity index is 2.39. The highest BCUT2D eigenvalue weighted by atomic mass is 16.5. The lowest BCUT2D eigenvalue weighted by molar-refractivity contribution is 0.0998. The number of amides is 1. The number of nitrogens with two attached hydrogens (primary N) is 2. The number of hydrogen-bond acceptors (Lipinski definition) is 4. The number of pyridine rings is 1. The van der Waals surface area contributed by atoms with Crippen LogP contribution in [-0.4, -0.2) is 10.9 Å². The van der Waals surface area contributed by atoms with Crippen molar-refractivity contribution in [1.29, 1.82) is 0 Å². The predicted octanol–water partition coefficient (Wildman–Crippen LogP) is 1.99. The van der Waals surface area contributed by atoms with Gasteiger partial charge in [0.2, 0.25) is 5.88 Å². The van der Waals surface area contributed by atoms with Crippen LogP contribution in [0, 0.1) is 0 Å². The van der Waals surface area contributed by atoms with Crippen LogP contribution in [0.3, 0.4) is 0 Å². The molecule has 5 nitrogen and oxygen atoms in total. The molecule has 1 aromatic carbocycles. The van der Waals surface area contributed by atoms with Gasteiger partial charge in [0.1, 0.15) is 5.75 Å². The van der Waals surface area contributed by atoms with Crippen LogP contribution in [0.15, 0.2) is 42.6 Å². The average molecular weight is 257 g/mol. The van der Waals surface area contributed by atoms with E-state index in [1.54, 1.807) is 36.5 Å². The monoisotopic (exact) mass is 257 g/mol. The summed E-state index contributed by atoms with van der Waals surface area (Å²) in [6.45, 7) is 1.84. The lowest BCUT2D eigenvalue weighted by Crippen LogP contribution is -2.13. The summed E-state index contributed by atoms with van der Waals surface area (Å²) in [4.78, 5) is 15.5. The van der Waals surface area contributed by atoms with Crippen LogP contribution in [0.1, 0.15) is 28.9 Å². The Bertz CT molecular complexity index is 597. The number of benzene rings is 1. The van der Waals surface area contributed by atoms with Gasteiger partial charge in [-0.05, 0) is 25.1 Å². The standard InChI is InChI=1S/C14H15N3O2/c1-9(15)10-6-4-8-17-14(10)19-12-7-3-2-5-11(12)13(16)18/h2-9H,15H2,1H3,(H2,16,18)/t9-/m0/s1. The number of ether oxygens (including phenoxy) is 1. The lowest BCUT2D eigenvalue weighted by Gasteiger charge is -2.13. The van der Waals surface area contributed by atoms with E-state index in [0.717, 1.165) is 5.56 Å². The van der Waals surface area contributed by atoms with Crippen molar-refractivity contribution in [1.82, 2.24) is 4.98 Å². The third kappa shape index (κ3) is 2.89. The number of rotatable bonds is 4. The number of carbonyl (C=O) groups excluding carboxylic acids is 1. The van der Waals surface area contributed by atoms with E-state index in [1.165, 1.54) is 0 Å². The Morgan fingerprint density at radius 2 is 2.00 bits per heavy atom. The van der Waals surface area contributed by atoms with E-state index in [4.69, 9.17) is 16.2 Å². The number of nitrogens with zero attached hydrogens (tertiary/aromatic N) is 1. The van der Waals surface area contributed by atoms with E-state index in [9.17, 15) is 4.79 Å². The molecule has 98 valence electrons. The smallest absolute Gasteiger partial charge is 0.252 e. The molecule has 1 amide bonds. The maximum absolute atomic E-state index is 11.3. The molecular weight excluding hydrogens is 242 g/mol. The minimum Gasteiger partial charge on any atom is -0.438 e. The zero-order chi connectivity index (χ0) is 13.8. The molecule has 2 aromatic rings. The molecule has 0 unspecified atom stereocenters. The summed E-state index contributed by atoms with van der Waals surface area (Å²) in [5.41, 5.74) is 12.2. The number of aromatic nitrogens is 1. The van der Waals surface area contributed by atoms with Crippen LogP contribution >= 0.6 is 0 Å². The average Bonchev–Trinajstić information content (AvgIpc) is 2.39. The molecule has 0 saturated carbocycles. The molecule has 2 rings (SSSR count). The van der Waals surface area contributed by atoms with Crippen molar-refractivity contribution < 1.29 is 9.53 Å². The van der Waals surface area contributed by atoms with Crippen molar-refractivity contribution in [3.8, 4) is 11.6 Å². The first kappa shape index (κ1) is 13.0. The maximum atomic E-state index is 11.3. The summed E-state index contributed by atoms with van der Waals surface area (Å²) < 4.78 is 5.67. The van der Waals surface area contributed by atoms with E-state index in [-0.39, 0.29) is 6.04 Å². The summed E-state index contributed by atoms with van der Waals surface area (Å²) in [5, 5.41) is 0. The Labute approximate surface area is 111 Å².